The number of amides is 2. The van der Waals surface area contributed by atoms with Gasteiger partial charge in [-0.15, -0.1) is 0 Å². The number of carbonyl (C=O) groups excluding carboxylic acids is 2. The molecule has 2 amide bonds. The van der Waals surface area contributed by atoms with Crippen molar-refractivity contribution >= 4 is 35.7 Å². The summed E-state index contributed by atoms with van der Waals surface area (Å²) in [5.74, 6) is 0. The molecule has 5 nitrogen and oxygen atoms in total. The Morgan fingerprint density at radius 3 is 1.56 bits per heavy atom. The van der Waals surface area contributed by atoms with E-state index in [1.807, 2.05) is 0 Å². The van der Waals surface area contributed by atoms with Gasteiger partial charge in [0.25, 0.3) is 10.5 Å². The molecule has 0 atom stereocenters. The molecule has 0 aromatic rings. The molecule has 0 bridgehead atoms. The van der Waals surface area contributed by atoms with E-state index < -0.39 is 10.5 Å². The number of hydrogen-bond acceptors (Lipinski definition) is 3. The van der Waals surface area contributed by atoms with Crippen LogP contribution < -0.4 is 11.2 Å². The average molecular weight is 170 g/mol. The van der Waals surface area contributed by atoms with E-state index in [1.165, 1.54) is 5.48 Å². The first-order valence-electron chi connectivity index (χ1n) is 1.62. The molecule has 0 aliphatic carbocycles. The lowest BCUT2D eigenvalue weighted by Gasteiger charge is -1.77. The van der Waals surface area contributed by atoms with E-state index >= 15 is 0 Å². The third-order valence-corrected chi connectivity index (χ3v) is 0.196. The standard InChI is InChI=1S/CH3NO2S.CH3NOS/c3-1(5)2-4;2-1(3)4/h4H,(H2,2,3,5);(H3,2,3,4). The van der Waals surface area contributed by atoms with E-state index in [9.17, 15) is 4.79 Å². The van der Waals surface area contributed by atoms with Crippen LogP contribution in [-0.4, -0.2) is 15.7 Å². The van der Waals surface area contributed by atoms with Gasteiger partial charge in [-0.25, -0.2) is 5.48 Å². The third-order valence-electron chi connectivity index (χ3n) is 0.0956. The highest BCUT2D eigenvalue weighted by Gasteiger charge is 1.76. The highest BCUT2D eigenvalue weighted by atomic mass is 32.1. The normalized spacial score (nSPS) is 6.56. The van der Waals surface area contributed by atoms with Gasteiger partial charge in [0.05, 0.1) is 0 Å². The van der Waals surface area contributed by atoms with Crippen molar-refractivity contribution in [2.45, 2.75) is 0 Å². The number of carbonyl (C=O) groups is 2. The molecule has 0 aromatic heterocycles. The zero-order valence-electron chi connectivity index (χ0n) is 4.24. The summed E-state index contributed by atoms with van der Waals surface area (Å²) in [4.78, 5) is 18.4. The Balaban J connectivity index is 0. The molecule has 54 valence electrons. The van der Waals surface area contributed by atoms with E-state index in [1.54, 1.807) is 0 Å². The monoisotopic (exact) mass is 170 g/mol. The Morgan fingerprint density at radius 2 is 1.56 bits per heavy atom. The molecule has 0 spiro atoms. The van der Waals surface area contributed by atoms with Crippen LogP contribution in [0.25, 0.3) is 0 Å². The lowest BCUT2D eigenvalue weighted by molar-refractivity contribution is 0.181. The number of nitrogens with one attached hydrogen (secondary N) is 1. The van der Waals surface area contributed by atoms with Crippen molar-refractivity contribution in [1.29, 1.82) is 0 Å². The molecule has 0 radical (unpaired) electrons. The minimum atomic E-state index is -0.745. The van der Waals surface area contributed by atoms with Crippen molar-refractivity contribution in [3.8, 4) is 0 Å². The average Bonchev–Trinajstić information content (AvgIpc) is 1.65. The van der Waals surface area contributed by atoms with Crippen LogP contribution in [0.5, 0.6) is 0 Å². The Hall–Kier alpha value is -0.400. The lowest BCUT2D eigenvalue weighted by Crippen LogP contribution is -2.08. The van der Waals surface area contributed by atoms with Gasteiger partial charge in [0.2, 0.25) is 0 Å². The molecule has 7 heteroatoms. The van der Waals surface area contributed by atoms with Crippen LogP contribution in [0.1, 0.15) is 0 Å². The van der Waals surface area contributed by atoms with Crippen LogP contribution in [0.4, 0.5) is 9.59 Å². The van der Waals surface area contributed by atoms with Crippen molar-refractivity contribution in [3.63, 3.8) is 0 Å². The van der Waals surface area contributed by atoms with Crippen LogP contribution in [0.2, 0.25) is 0 Å². The molecular weight excluding hydrogens is 164 g/mol. The van der Waals surface area contributed by atoms with Crippen molar-refractivity contribution in [2.75, 3.05) is 0 Å². The van der Waals surface area contributed by atoms with Crippen LogP contribution in [-0.2, 0) is 0 Å². The highest BCUT2D eigenvalue weighted by Crippen LogP contribution is 1.67. The van der Waals surface area contributed by atoms with Crippen molar-refractivity contribution < 1.29 is 14.8 Å². The largest absolute Gasteiger partial charge is 0.361 e. The summed E-state index contributed by atoms with van der Waals surface area (Å²) < 4.78 is 0. The second kappa shape index (κ2) is 7.60. The van der Waals surface area contributed by atoms with E-state index in [-0.39, 0.29) is 0 Å². The minimum Gasteiger partial charge on any atom is -0.361 e. The number of primary amides is 1. The van der Waals surface area contributed by atoms with Crippen LogP contribution in [0.3, 0.4) is 0 Å². The maximum Gasteiger partial charge on any atom is 0.299 e. The molecule has 0 fully saturated rings. The van der Waals surface area contributed by atoms with Gasteiger partial charge in [-0.05, 0) is 0 Å². The van der Waals surface area contributed by atoms with Gasteiger partial charge in [0, 0.05) is 0 Å². The van der Waals surface area contributed by atoms with Crippen molar-refractivity contribution in [2.24, 2.45) is 5.73 Å². The SMILES string of the molecule is NC(=O)S.O=C(S)NO. The number of hydroxylamine groups is 1. The molecule has 9 heavy (non-hydrogen) atoms. The second-order valence-electron chi connectivity index (χ2n) is 0.755. The van der Waals surface area contributed by atoms with E-state index in [0.717, 1.165) is 0 Å². The molecular formula is C2H6N2O3S2. The van der Waals surface area contributed by atoms with Gasteiger partial charge in [0.15, 0.2) is 0 Å². The molecule has 0 rings (SSSR count). The first kappa shape index (κ1) is 11.4. The van der Waals surface area contributed by atoms with Crippen LogP contribution >= 0.6 is 25.3 Å². The zero-order chi connectivity index (χ0) is 7.86. The molecule has 4 N–H and O–H groups in total. The van der Waals surface area contributed by atoms with Gasteiger partial charge in [-0.3, -0.25) is 14.8 Å². The predicted molar refractivity (Wildman–Crippen MR) is 37.9 cm³/mol. The lowest BCUT2D eigenvalue weighted by atomic mass is 11.4. The summed E-state index contributed by atoms with van der Waals surface area (Å²) in [5, 5.41) is 6.08. The van der Waals surface area contributed by atoms with Gasteiger partial charge in [-0.2, -0.15) is 0 Å². The Morgan fingerprint density at radius 1 is 1.44 bits per heavy atom. The summed E-state index contributed by atoms with van der Waals surface area (Å²) in [6, 6.07) is 0. The molecule has 0 aliphatic heterocycles. The maximum atomic E-state index is 9.32. The molecule has 0 aliphatic rings. The maximum absolute atomic E-state index is 9.32. The fourth-order valence-electron chi connectivity index (χ4n) is 0. The number of nitrogens with two attached hydrogens (primary N) is 1. The van der Waals surface area contributed by atoms with E-state index in [2.05, 4.69) is 31.0 Å². The Bertz CT molecular complexity index is 102. The molecule has 0 saturated heterocycles. The minimum absolute atomic E-state index is 0.639. The van der Waals surface area contributed by atoms with Crippen LogP contribution in [0.15, 0.2) is 0 Å². The summed E-state index contributed by atoms with van der Waals surface area (Å²) in [5.41, 5.74) is 5.59. The predicted octanol–water partition coefficient (Wildman–Crippen LogP) is 0.00990. The van der Waals surface area contributed by atoms with E-state index in [4.69, 9.17) is 10.0 Å². The highest BCUT2D eigenvalue weighted by molar-refractivity contribution is 7.96. The van der Waals surface area contributed by atoms with Crippen molar-refractivity contribution in [1.82, 2.24) is 5.48 Å². The first-order valence-corrected chi connectivity index (χ1v) is 2.51. The smallest absolute Gasteiger partial charge is 0.299 e. The van der Waals surface area contributed by atoms with Gasteiger partial charge in [0.1, 0.15) is 0 Å². The quantitative estimate of drug-likeness (QED) is 0.201. The van der Waals surface area contributed by atoms with Gasteiger partial charge in [-0.1, -0.05) is 25.3 Å². The summed E-state index contributed by atoms with van der Waals surface area (Å²) in [6.45, 7) is 0. The number of hydrogen-bond donors (Lipinski definition) is 5. The summed E-state index contributed by atoms with van der Waals surface area (Å²) in [7, 11) is 0. The van der Waals surface area contributed by atoms with Gasteiger partial charge < -0.3 is 5.73 Å². The zero-order valence-corrected chi connectivity index (χ0v) is 6.02. The number of rotatable bonds is 0. The summed E-state index contributed by atoms with van der Waals surface area (Å²) in [6.07, 6.45) is 0. The Kier molecular flexibility index (Phi) is 9.63. The Labute approximate surface area is 62.4 Å². The second-order valence-corrected chi connectivity index (χ2v) is 1.60. The summed E-state index contributed by atoms with van der Waals surface area (Å²) >= 11 is 6.20. The molecule has 0 saturated carbocycles. The molecule has 0 heterocycles. The third kappa shape index (κ3) is 93.1. The van der Waals surface area contributed by atoms with Crippen molar-refractivity contribution in [3.05, 3.63) is 0 Å². The van der Waals surface area contributed by atoms with E-state index in [0.29, 0.717) is 0 Å². The molecule has 0 aromatic carbocycles. The fraction of sp³-hybridized carbons (Fsp3) is 0. The fourth-order valence-corrected chi connectivity index (χ4v) is 0. The first-order chi connectivity index (χ1) is 4.00. The topological polar surface area (TPSA) is 92.4 Å². The molecule has 0 unspecified atom stereocenters. The van der Waals surface area contributed by atoms with Gasteiger partial charge >= 0.3 is 0 Å². The van der Waals surface area contributed by atoms with Crippen LogP contribution in [0, 0.1) is 0 Å². The number of thiol groups is 2.